The Balaban J connectivity index is 2.44. The molecule has 0 amide bonds. The van der Waals surface area contributed by atoms with Crippen LogP contribution in [0.15, 0.2) is 5.16 Å². The van der Waals surface area contributed by atoms with Gasteiger partial charge in [0.2, 0.25) is 0 Å². The van der Waals surface area contributed by atoms with Crippen molar-refractivity contribution in [1.29, 1.82) is 0 Å². The van der Waals surface area contributed by atoms with Crippen LogP contribution in [0.4, 0.5) is 0 Å². The van der Waals surface area contributed by atoms with Crippen LogP contribution >= 0.6 is 0 Å². The maximum absolute atomic E-state index is 8.56. The third-order valence-electron chi connectivity index (χ3n) is 3.40. The molecule has 4 nitrogen and oxygen atoms in total. The van der Waals surface area contributed by atoms with Crippen molar-refractivity contribution in [2.24, 2.45) is 16.8 Å². The van der Waals surface area contributed by atoms with Crippen molar-refractivity contribution in [2.45, 2.75) is 45.6 Å². The summed E-state index contributed by atoms with van der Waals surface area (Å²) in [6, 6.07) is 0.617. The van der Waals surface area contributed by atoms with E-state index in [1.807, 2.05) is 0 Å². The van der Waals surface area contributed by atoms with Crippen LogP contribution in [0.3, 0.4) is 0 Å². The second-order valence-corrected chi connectivity index (χ2v) is 4.57. The van der Waals surface area contributed by atoms with E-state index in [9.17, 15) is 0 Å². The van der Waals surface area contributed by atoms with E-state index in [1.54, 1.807) is 0 Å². The van der Waals surface area contributed by atoms with Gasteiger partial charge in [-0.05, 0) is 38.1 Å². The minimum absolute atomic E-state index is 0.315. The molecule has 0 aromatic carbocycles. The molecule has 0 saturated heterocycles. The lowest BCUT2D eigenvalue weighted by molar-refractivity contribution is 0.163. The first-order valence-electron chi connectivity index (χ1n) is 5.87. The molecule has 15 heavy (non-hydrogen) atoms. The molecule has 0 spiro atoms. The molecule has 1 fully saturated rings. The van der Waals surface area contributed by atoms with E-state index in [0.29, 0.717) is 18.4 Å². The smallest absolute Gasteiger partial charge is 0.153 e. The Labute approximate surface area is 92.1 Å². The third kappa shape index (κ3) is 3.70. The van der Waals surface area contributed by atoms with Gasteiger partial charge in [0, 0.05) is 6.04 Å². The van der Waals surface area contributed by atoms with Gasteiger partial charge in [-0.15, -0.1) is 0 Å². The van der Waals surface area contributed by atoms with E-state index >= 15 is 0 Å². The van der Waals surface area contributed by atoms with Crippen molar-refractivity contribution in [1.82, 2.24) is 4.90 Å². The van der Waals surface area contributed by atoms with Crippen molar-refractivity contribution >= 4 is 5.84 Å². The Morgan fingerprint density at radius 1 is 1.40 bits per heavy atom. The molecule has 0 aliphatic heterocycles. The van der Waals surface area contributed by atoms with Gasteiger partial charge in [0.05, 0.1) is 6.54 Å². The minimum atomic E-state index is 0.315. The van der Waals surface area contributed by atoms with Gasteiger partial charge >= 0.3 is 0 Å². The highest BCUT2D eigenvalue weighted by molar-refractivity contribution is 5.81. The molecular weight excluding hydrogens is 190 g/mol. The SMILES string of the molecule is CCN(CC(N)=NO)C1CCC(C)CC1. The number of hydrogen-bond donors (Lipinski definition) is 2. The predicted molar refractivity (Wildman–Crippen MR) is 62.1 cm³/mol. The fourth-order valence-corrected chi connectivity index (χ4v) is 2.35. The Hall–Kier alpha value is -0.770. The monoisotopic (exact) mass is 213 g/mol. The zero-order valence-corrected chi connectivity index (χ0v) is 9.82. The zero-order valence-electron chi connectivity index (χ0n) is 9.82. The van der Waals surface area contributed by atoms with E-state index < -0.39 is 0 Å². The molecule has 0 atom stereocenters. The second-order valence-electron chi connectivity index (χ2n) is 4.57. The molecule has 1 saturated carbocycles. The first kappa shape index (κ1) is 12.3. The van der Waals surface area contributed by atoms with Gasteiger partial charge in [0.25, 0.3) is 0 Å². The molecule has 0 aromatic heterocycles. The van der Waals surface area contributed by atoms with Crippen LogP contribution < -0.4 is 5.73 Å². The Bertz CT molecular complexity index is 210. The average Bonchev–Trinajstić information content (AvgIpc) is 2.27. The summed E-state index contributed by atoms with van der Waals surface area (Å²) in [4.78, 5) is 2.31. The lowest BCUT2D eigenvalue weighted by Crippen LogP contribution is -2.42. The van der Waals surface area contributed by atoms with Gasteiger partial charge in [-0.3, -0.25) is 4.90 Å². The summed E-state index contributed by atoms with van der Waals surface area (Å²) in [5.41, 5.74) is 5.54. The lowest BCUT2D eigenvalue weighted by Gasteiger charge is -2.35. The molecule has 1 aliphatic carbocycles. The summed E-state index contributed by atoms with van der Waals surface area (Å²) in [5.74, 6) is 1.18. The van der Waals surface area contributed by atoms with Gasteiger partial charge in [-0.25, -0.2) is 0 Å². The van der Waals surface area contributed by atoms with Crippen molar-refractivity contribution in [3.63, 3.8) is 0 Å². The molecule has 1 rings (SSSR count). The number of amidine groups is 1. The number of rotatable bonds is 4. The summed E-state index contributed by atoms with van der Waals surface area (Å²) in [5, 5.41) is 11.6. The van der Waals surface area contributed by atoms with Crippen LogP contribution in [0.25, 0.3) is 0 Å². The predicted octanol–water partition coefficient (Wildman–Crippen LogP) is 1.63. The maximum Gasteiger partial charge on any atom is 0.153 e. The number of oxime groups is 1. The molecule has 0 aromatic rings. The lowest BCUT2D eigenvalue weighted by atomic mass is 9.86. The first-order chi connectivity index (χ1) is 7.17. The van der Waals surface area contributed by atoms with Crippen LogP contribution in [0.2, 0.25) is 0 Å². The Morgan fingerprint density at radius 2 is 2.00 bits per heavy atom. The number of nitrogens with zero attached hydrogens (tertiary/aromatic N) is 2. The highest BCUT2D eigenvalue weighted by Crippen LogP contribution is 2.26. The Kier molecular flexibility index (Phi) is 4.88. The molecule has 0 radical (unpaired) electrons. The molecule has 0 unspecified atom stereocenters. The fourth-order valence-electron chi connectivity index (χ4n) is 2.35. The average molecular weight is 213 g/mol. The summed E-state index contributed by atoms with van der Waals surface area (Å²) in [6.07, 6.45) is 5.09. The molecule has 0 bridgehead atoms. The summed E-state index contributed by atoms with van der Waals surface area (Å²) in [7, 11) is 0. The summed E-state index contributed by atoms with van der Waals surface area (Å²) < 4.78 is 0. The van der Waals surface area contributed by atoms with Crippen molar-refractivity contribution < 1.29 is 5.21 Å². The summed E-state index contributed by atoms with van der Waals surface area (Å²) >= 11 is 0. The molecule has 0 heterocycles. The standard InChI is InChI=1S/C11H23N3O/c1-3-14(8-11(12)13-15)10-6-4-9(2)5-7-10/h9-10,15H,3-8H2,1-2H3,(H2,12,13). The van der Waals surface area contributed by atoms with Crippen LogP contribution in [-0.4, -0.2) is 35.1 Å². The van der Waals surface area contributed by atoms with Crippen molar-refractivity contribution in [2.75, 3.05) is 13.1 Å². The summed E-state index contributed by atoms with van der Waals surface area (Å²) in [6.45, 7) is 6.00. The van der Waals surface area contributed by atoms with Gasteiger partial charge in [0.1, 0.15) is 0 Å². The van der Waals surface area contributed by atoms with Crippen LogP contribution in [0, 0.1) is 5.92 Å². The van der Waals surface area contributed by atoms with E-state index in [2.05, 4.69) is 23.9 Å². The Morgan fingerprint density at radius 3 is 2.47 bits per heavy atom. The van der Waals surface area contributed by atoms with Gasteiger partial charge in [-0.2, -0.15) is 0 Å². The minimum Gasteiger partial charge on any atom is -0.409 e. The molecule has 3 N–H and O–H groups in total. The van der Waals surface area contributed by atoms with Crippen molar-refractivity contribution in [3.05, 3.63) is 0 Å². The van der Waals surface area contributed by atoms with Crippen molar-refractivity contribution in [3.8, 4) is 0 Å². The molecule has 4 heteroatoms. The van der Waals surface area contributed by atoms with Gasteiger partial charge in [-0.1, -0.05) is 19.0 Å². The topological polar surface area (TPSA) is 61.8 Å². The molecule has 88 valence electrons. The largest absolute Gasteiger partial charge is 0.409 e. The van der Waals surface area contributed by atoms with E-state index in [1.165, 1.54) is 25.7 Å². The van der Waals surface area contributed by atoms with Gasteiger partial charge in [0.15, 0.2) is 5.84 Å². The number of hydrogen-bond acceptors (Lipinski definition) is 3. The fraction of sp³-hybridized carbons (Fsp3) is 0.909. The molecule has 1 aliphatic rings. The van der Waals surface area contributed by atoms with Crippen LogP contribution in [-0.2, 0) is 0 Å². The van der Waals surface area contributed by atoms with Crippen LogP contribution in [0.5, 0.6) is 0 Å². The normalized spacial score (nSPS) is 28.3. The number of likely N-dealkylation sites (N-methyl/N-ethyl adjacent to an activating group) is 1. The van der Waals surface area contributed by atoms with Gasteiger partial charge < -0.3 is 10.9 Å². The highest BCUT2D eigenvalue weighted by Gasteiger charge is 2.23. The first-order valence-corrected chi connectivity index (χ1v) is 5.87. The third-order valence-corrected chi connectivity index (χ3v) is 3.40. The quantitative estimate of drug-likeness (QED) is 0.323. The van der Waals surface area contributed by atoms with E-state index in [0.717, 1.165) is 12.5 Å². The molecular formula is C11H23N3O. The van der Waals surface area contributed by atoms with Crippen LogP contribution in [0.1, 0.15) is 39.5 Å². The second kappa shape index (κ2) is 5.95. The zero-order chi connectivity index (χ0) is 11.3. The van der Waals surface area contributed by atoms with E-state index in [4.69, 9.17) is 10.9 Å². The number of nitrogens with two attached hydrogens (primary N) is 1. The van der Waals surface area contributed by atoms with E-state index in [-0.39, 0.29) is 0 Å². The maximum atomic E-state index is 8.56. The highest BCUT2D eigenvalue weighted by atomic mass is 16.4.